The molecule has 9 heteroatoms. The zero-order valence-electron chi connectivity index (χ0n) is 16.8. The Kier molecular flexibility index (Phi) is 6.44. The minimum absolute atomic E-state index is 0.321. The topological polar surface area (TPSA) is 93.2 Å². The van der Waals surface area contributed by atoms with Crippen molar-refractivity contribution >= 4 is 45.6 Å². The van der Waals surface area contributed by atoms with Crippen LogP contribution < -0.4 is 15.4 Å². The molecule has 4 rings (SSSR count). The molecule has 0 atom stereocenters. The van der Waals surface area contributed by atoms with Crippen molar-refractivity contribution in [1.29, 1.82) is 0 Å². The molecule has 4 aromatic rings. The predicted molar refractivity (Wildman–Crippen MR) is 126 cm³/mol. The summed E-state index contributed by atoms with van der Waals surface area (Å²) in [4.78, 5) is 25.1. The molecule has 0 bridgehead atoms. The molecular weight excluding hydrogens is 448 g/mol. The van der Waals surface area contributed by atoms with Crippen molar-refractivity contribution < 1.29 is 14.3 Å². The van der Waals surface area contributed by atoms with Crippen molar-refractivity contribution in [3.8, 4) is 16.3 Å². The van der Waals surface area contributed by atoms with Gasteiger partial charge in [0.05, 0.1) is 7.11 Å². The number of methoxy groups -OCH3 is 1. The van der Waals surface area contributed by atoms with Crippen LogP contribution in [0.25, 0.3) is 10.6 Å². The van der Waals surface area contributed by atoms with E-state index >= 15 is 0 Å². The van der Waals surface area contributed by atoms with Gasteiger partial charge >= 0.3 is 0 Å². The highest BCUT2D eigenvalue weighted by molar-refractivity contribution is 7.18. The lowest BCUT2D eigenvalue weighted by molar-refractivity contribution is 0.101. The minimum Gasteiger partial charge on any atom is -0.497 e. The smallest absolute Gasteiger partial charge is 0.257 e. The molecule has 32 heavy (non-hydrogen) atoms. The van der Waals surface area contributed by atoms with Crippen LogP contribution >= 0.6 is 22.9 Å². The molecule has 0 aliphatic carbocycles. The van der Waals surface area contributed by atoms with Crippen molar-refractivity contribution in [3.63, 3.8) is 0 Å². The van der Waals surface area contributed by atoms with Crippen molar-refractivity contribution in [3.05, 3.63) is 88.9 Å². The van der Waals surface area contributed by atoms with Crippen molar-refractivity contribution in [1.82, 2.24) is 10.2 Å². The Morgan fingerprint density at radius 2 is 1.56 bits per heavy atom. The lowest BCUT2D eigenvalue weighted by atomic mass is 10.1. The van der Waals surface area contributed by atoms with E-state index in [9.17, 15) is 9.59 Å². The van der Waals surface area contributed by atoms with E-state index in [1.165, 1.54) is 11.3 Å². The van der Waals surface area contributed by atoms with Crippen molar-refractivity contribution in [2.24, 2.45) is 0 Å². The zero-order chi connectivity index (χ0) is 22.5. The predicted octanol–water partition coefficient (Wildman–Crippen LogP) is 5.37. The van der Waals surface area contributed by atoms with E-state index in [0.717, 1.165) is 11.3 Å². The number of benzene rings is 3. The number of ether oxygens (including phenoxy) is 1. The number of rotatable bonds is 6. The third-order valence-electron chi connectivity index (χ3n) is 4.45. The van der Waals surface area contributed by atoms with Crippen LogP contribution in [0.2, 0.25) is 5.02 Å². The number of anilines is 2. The highest BCUT2D eigenvalue weighted by Crippen LogP contribution is 2.28. The van der Waals surface area contributed by atoms with Gasteiger partial charge in [-0.15, -0.1) is 10.2 Å². The van der Waals surface area contributed by atoms with E-state index < -0.39 is 0 Å². The van der Waals surface area contributed by atoms with Gasteiger partial charge in [0.1, 0.15) is 10.8 Å². The first-order valence-corrected chi connectivity index (χ1v) is 10.7. The van der Waals surface area contributed by atoms with Crippen molar-refractivity contribution in [2.45, 2.75) is 0 Å². The Morgan fingerprint density at radius 1 is 0.875 bits per heavy atom. The number of amides is 2. The summed E-state index contributed by atoms with van der Waals surface area (Å²) in [5, 5.41) is 15.2. The first-order chi connectivity index (χ1) is 15.5. The van der Waals surface area contributed by atoms with Crippen LogP contribution in [0.3, 0.4) is 0 Å². The van der Waals surface area contributed by atoms with Gasteiger partial charge in [0, 0.05) is 27.4 Å². The quantitative estimate of drug-likeness (QED) is 0.400. The second kappa shape index (κ2) is 9.59. The molecule has 0 fully saturated rings. The summed E-state index contributed by atoms with van der Waals surface area (Å²) in [6.07, 6.45) is 0. The fourth-order valence-electron chi connectivity index (χ4n) is 2.86. The summed E-state index contributed by atoms with van der Waals surface area (Å²) in [5.41, 5.74) is 2.15. The molecule has 0 aliphatic heterocycles. The van der Waals surface area contributed by atoms with Gasteiger partial charge in [-0.25, -0.2) is 0 Å². The number of halogens is 1. The van der Waals surface area contributed by atoms with Crippen LogP contribution in [0.1, 0.15) is 20.7 Å². The number of aromatic nitrogens is 2. The standard InChI is InChI=1S/C23H17ClN4O3S/c1-31-19-10-8-14(9-11-19)22-27-28-23(32-22)26-21(30)16-5-3-7-18(13-16)25-20(29)15-4-2-6-17(24)12-15/h2-13H,1H3,(H,25,29)(H,26,28,30). The highest BCUT2D eigenvalue weighted by Gasteiger charge is 2.13. The maximum atomic E-state index is 12.7. The van der Waals surface area contributed by atoms with Gasteiger partial charge in [-0.05, 0) is 60.7 Å². The Labute approximate surface area is 193 Å². The van der Waals surface area contributed by atoms with E-state index in [2.05, 4.69) is 20.8 Å². The highest BCUT2D eigenvalue weighted by atomic mass is 35.5. The van der Waals surface area contributed by atoms with Gasteiger partial charge in [0.25, 0.3) is 11.8 Å². The van der Waals surface area contributed by atoms with Crippen LogP contribution in [-0.4, -0.2) is 29.1 Å². The molecule has 2 N–H and O–H groups in total. The molecule has 1 heterocycles. The fourth-order valence-corrected chi connectivity index (χ4v) is 3.80. The summed E-state index contributed by atoms with van der Waals surface area (Å²) in [5.74, 6) is 0.0636. The van der Waals surface area contributed by atoms with Gasteiger partial charge in [-0.1, -0.05) is 35.1 Å². The molecule has 0 unspecified atom stereocenters. The molecule has 3 aromatic carbocycles. The summed E-state index contributed by atoms with van der Waals surface area (Å²) >= 11 is 7.20. The normalized spacial score (nSPS) is 10.4. The van der Waals surface area contributed by atoms with E-state index in [1.807, 2.05) is 24.3 Å². The van der Waals surface area contributed by atoms with Gasteiger partial charge in [0.15, 0.2) is 0 Å². The molecule has 160 valence electrons. The van der Waals surface area contributed by atoms with E-state index in [-0.39, 0.29) is 11.8 Å². The molecule has 0 aliphatic rings. The van der Waals surface area contributed by atoms with Crippen LogP contribution in [-0.2, 0) is 0 Å². The Balaban J connectivity index is 1.44. The third-order valence-corrected chi connectivity index (χ3v) is 5.57. The molecule has 2 amide bonds. The number of hydrogen-bond acceptors (Lipinski definition) is 6. The SMILES string of the molecule is COc1ccc(-c2nnc(NC(=O)c3cccc(NC(=O)c4cccc(Cl)c4)c3)s2)cc1. The zero-order valence-corrected chi connectivity index (χ0v) is 18.4. The maximum Gasteiger partial charge on any atom is 0.257 e. The molecule has 7 nitrogen and oxygen atoms in total. The van der Waals surface area contributed by atoms with E-state index in [4.69, 9.17) is 16.3 Å². The van der Waals surface area contributed by atoms with Gasteiger partial charge < -0.3 is 10.1 Å². The summed E-state index contributed by atoms with van der Waals surface area (Å²) < 4.78 is 5.15. The Hall–Kier alpha value is -3.75. The van der Waals surface area contributed by atoms with E-state index in [0.29, 0.717) is 32.0 Å². The monoisotopic (exact) mass is 464 g/mol. The van der Waals surface area contributed by atoms with Crippen LogP contribution in [0.15, 0.2) is 72.8 Å². The Morgan fingerprint density at radius 3 is 2.28 bits per heavy atom. The van der Waals surface area contributed by atoms with E-state index in [1.54, 1.807) is 55.6 Å². The molecule has 0 spiro atoms. The van der Waals surface area contributed by atoms with Gasteiger partial charge in [0.2, 0.25) is 5.13 Å². The summed E-state index contributed by atoms with van der Waals surface area (Å²) in [6, 6.07) is 20.7. The second-order valence-corrected chi connectivity index (χ2v) is 8.05. The van der Waals surface area contributed by atoms with Crippen molar-refractivity contribution in [2.75, 3.05) is 17.7 Å². The average molecular weight is 465 g/mol. The minimum atomic E-state index is -0.360. The number of carbonyl (C=O) groups is 2. The molecule has 0 radical (unpaired) electrons. The number of carbonyl (C=O) groups excluding carboxylic acids is 2. The summed E-state index contributed by atoms with van der Waals surface area (Å²) in [6.45, 7) is 0. The van der Waals surface area contributed by atoms with Crippen LogP contribution in [0.5, 0.6) is 5.75 Å². The molecule has 1 aromatic heterocycles. The largest absolute Gasteiger partial charge is 0.497 e. The number of nitrogens with zero attached hydrogens (tertiary/aromatic N) is 2. The lowest BCUT2D eigenvalue weighted by Gasteiger charge is -2.07. The van der Waals surface area contributed by atoms with Crippen LogP contribution in [0, 0.1) is 0 Å². The fraction of sp³-hybridized carbons (Fsp3) is 0.0435. The first-order valence-electron chi connectivity index (χ1n) is 9.48. The summed E-state index contributed by atoms with van der Waals surface area (Å²) in [7, 11) is 1.60. The third kappa shape index (κ3) is 5.11. The molecule has 0 saturated carbocycles. The second-order valence-electron chi connectivity index (χ2n) is 6.64. The van der Waals surface area contributed by atoms with Gasteiger partial charge in [-0.2, -0.15) is 0 Å². The number of nitrogens with one attached hydrogen (secondary N) is 2. The van der Waals surface area contributed by atoms with Gasteiger partial charge in [-0.3, -0.25) is 14.9 Å². The first kappa shape index (κ1) is 21.5. The molecule has 0 saturated heterocycles. The Bertz CT molecular complexity index is 1270. The lowest BCUT2D eigenvalue weighted by Crippen LogP contribution is -2.14. The van der Waals surface area contributed by atoms with Crippen LogP contribution in [0.4, 0.5) is 10.8 Å². The maximum absolute atomic E-state index is 12.7. The average Bonchev–Trinajstić information content (AvgIpc) is 3.27. The number of hydrogen-bond donors (Lipinski definition) is 2. The molecular formula is C23H17ClN4O3S.